The maximum absolute atomic E-state index is 12.2. The molecule has 1 rings (SSSR count). The summed E-state index contributed by atoms with van der Waals surface area (Å²) in [5, 5.41) is 2.88. The largest absolute Gasteiger partial charge is 0.313 e. The predicted molar refractivity (Wildman–Crippen MR) is 72.9 cm³/mol. The van der Waals surface area contributed by atoms with Crippen LogP contribution in [0.5, 0.6) is 0 Å². The zero-order valence-corrected chi connectivity index (χ0v) is 12.4. The average Bonchev–Trinajstić information content (AvgIpc) is 2.77. The Bertz CT molecular complexity index is 318. The molecule has 0 saturated heterocycles. The number of hydrogen-bond acceptors (Lipinski definition) is 3. The van der Waals surface area contributed by atoms with Crippen LogP contribution in [0.1, 0.15) is 53.4 Å². The Hall–Kier alpha value is -0.0900. The van der Waals surface area contributed by atoms with Crippen molar-refractivity contribution >= 4 is 9.84 Å². The fourth-order valence-corrected chi connectivity index (χ4v) is 4.14. The van der Waals surface area contributed by atoms with Gasteiger partial charge >= 0.3 is 0 Å². The quantitative estimate of drug-likeness (QED) is 0.798. The molecule has 4 heteroatoms. The van der Waals surface area contributed by atoms with Gasteiger partial charge in [0.05, 0.1) is 10.5 Å². The van der Waals surface area contributed by atoms with Crippen molar-refractivity contribution in [2.24, 2.45) is 5.92 Å². The van der Waals surface area contributed by atoms with Crippen molar-refractivity contribution < 1.29 is 8.42 Å². The van der Waals surface area contributed by atoms with Gasteiger partial charge in [-0.2, -0.15) is 0 Å². The van der Waals surface area contributed by atoms with E-state index in [-0.39, 0.29) is 16.4 Å². The molecule has 0 aromatic carbocycles. The SMILES string of the molecule is CC(C)C(C)S(=O)(=O)C(C)CNC1CCCC1. The molecule has 0 heterocycles. The lowest BCUT2D eigenvalue weighted by Crippen LogP contribution is -2.40. The van der Waals surface area contributed by atoms with Crippen LogP contribution in [0.4, 0.5) is 0 Å². The van der Waals surface area contributed by atoms with E-state index in [0.717, 1.165) is 0 Å². The number of nitrogens with one attached hydrogen (secondary N) is 1. The van der Waals surface area contributed by atoms with Crippen molar-refractivity contribution in [3.05, 3.63) is 0 Å². The molecule has 0 aromatic heterocycles. The van der Waals surface area contributed by atoms with Gasteiger partial charge in [0.15, 0.2) is 9.84 Å². The third-order valence-corrected chi connectivity index (χ3v) is 6.94. The second kappa shape index (κ2) is 6.19. The van der Waals surface area contributed by atoms with E-state index < -0.39 is 9.84 Å². The third-order valence-electron chi connectivity index (χ3n) is 4.07. The molecule has 0 aliphatic heterocycles. The van der Waals surface area contributed by atoms with Crippen LogP contribution >= 0.6 is 0 Å². The van der Waals surface area contributed by atoms with Crippen molar-refractivity contribution in [2.45, 2.75) is 69.9 Å². The van der Waals surface area contributed by atoms with Crippen molar-refractivity contribution in [2.75, 3.05) is 6.54 Å². The Labute approximate surface area is 106 Å². The van der Waals surface area contributed by atoms with Gasteiger partial charge in [-0.3, -0.25) is 0 Å². The highest BCUT2D eigenvalue weighted by Gasteiger charge is 2.30. The second-order valence-electron chi connectivity index (χ2n) is 5.74. The van der Waals surface area contributed by atoms with E-state index >= 15 is 0 Å². The molecular formula is C13H27NO2S. The predicted octanol–water partition coefficient (Wildman–Crippen LogP) is 2.37. The normalized spacial score (nSPS) is 21.9. The molecule has 17 heavy (non-hydrogen) atoms. The van der Waals surface area contributed by atoms with Gasteiger partial charge in [0, 0.05) is 12.6 Å². The first-order chi connectivity index (χ1) is 7.85. The van der Waals surface area contributed by atoms with E-state index in [1.165, 1.54) is 25.7 Å². The minimum Gasteiger partial charge on any atom is -0.313 e. The Morgan fingerprint density at radius 3 is 2.12 bits per heavy atom. The molecule has 1 aliphatic rings. The van der Waals surface area contributed by atoms with Gasteiger partial charge in [-0.15, -0.1) is 0 Å². The summed E-state index contributed by atoms with van der Waals surface area (Å²) < 4.78 is 24.5. The lowest BCUT2D eigenvalue weighted by Gasteiger charge is -2.23. The van der Waals surface area contributed by atoms with E-state index in [0.29, 0.717) is 12.6 Å². The Balaban J connectivity index is 2.47. The summed E-state index contributed by atoms with van der Waals surface area (Å²) in [6, 6.07) is 0.544. The summed E-state index contributed by atoms with van der Waals surface area (Å²) in [7, 11) is -2.99. The van der Waals surface area contributed by atoms with Gasteiger partial charge in [-0.1, -0.05) is 26.7 Å². The first-order valence-electron chi connectivity index (χ1n) is 6.81. The third kappa shape index (κ3) is 3.95. The molecule has 0 amide bonds. The van der Waals surface area contributed by atoms with Crippen LogP contribution in [0, 0.1) is 5.92 Å². The fraction of sp³-hybridized carbons (Fsp3) is 1.00. The van der Waals surface area contributed by atoms with Crippen molar-refractivity contribution in [1.82, 2.24) is 5.32 Å². The molecule has 0 spiro atoms. The second-order valence-corrected chi connectivity index (χ2v) is 8.46. The van der Waals surface area contributed by atoms with Crippen molar-refractivity contribution in [3.63, 3.8) is 0 Å². The molecule has 1 N–H and O–H groups in total. The van der Waals surface area contributed by atoms with E-state index in [4.69, 9.17) is 0 Å². The molecule has 0 aromatic rings. The lowest BCUT2D eigenvalue weighted by molar-refractivity contribution is 0.499. The first-order valence-corrected chi connectivity index (χ1v) is 8.42. The van der Waals surface area contributed by atoms with Gasteiger partial charge in [-0.05, 0) is 32.6 Å². The summed E-state index contributed by atoms with van der Waals surface area (Å²) in [6.07, 6.45) is 4.96. The summed E-state index contributed by atoms with van der Waals surface area (Å²) in [5.74, 6) is 0.189. The van der Waals surface area contributed by atoms with E-state index in [2.05, 4.69) is 5.32 Å². The highest BCUT2D eigenvalue weighted by atomic mass is 32.2. The van der Waals surface area contributed by atoms with Gasteiger partial charge in [-0.25, -0.2) is 8.42 Å². The van der Waals surface area contributed by atoms with Gasteiger partial charge < -0.3 is 5.32 Å². The summed E-state index contributed by atoms with van der Waals surface area (Å²) in [5.41, 5.74) is 0. The van der Waals surface area contributed by atoms with Gasteiger partial charge in [0.2, 0.25) is 0 Å². The minimum atomic E-state index is -2.99. The number of sulfone groups is 1. The molecule has 1 aliphatic carbocycles. The monoisotopic (exact) mass is 261 g/mol. The van der Waals surface area contributed by atoms with Crippen LogP contribution in [0.15, 0.2) is 0 Å². The molecule has 1 saturated carbocycles. The van der Waals surface area contributed by atoms with Crippen LogP contribution in [-0.4, -0.2) is 31.5 Å². The molecule has 0 bridgehead atoms. The molecule has 2 atom stereocenters. The molecule has 3 nitrogen and oxygen atoms in total. The van der Waals surface area contributed by atoms with Crippen LogP contribution in [-0.2, 0) is 9.84 Å². The number of rotatable bonds is 6. The smallest absolute Gasteiger partial charge is 0.156 e. The molecule has 1 fully saturated rings. The van der Waals surface area contributed by atoms with E-state index in [9.17, 15) is 8.42 Å². The molecule has 0 radical (unpaired) electrons. The summed E-state index contributed by atoms with van der Waals surface area (Å²) in [4.78, 5) is 0. The standard InChI is InChI=1S/C13H27NO2S/c1-10(2)12(4)17(15,16)11(3)9-14-13-7-5-6-8-13/h10-14H,5-9H2,1-4H3. The van der Waals surface area contributed by atoms with Crippen LogP contribution < -0.4 is 5.32 Å². The fourth-order valence-electron chi connectivity index (χ4n) is 2.32. The molecule has 102 valence electrons. The Morgan fingerprint density at radius 1 is 1.12 bits per heavy atom. The maximum atomic E-state index is 12.2. The van der Waals surface area contributed by atoms with E-state index in [1.54, 1.807) is 0 Å². The van der Waals surface area contributed by atoms with Crippen molar-refractivity contribution in [1.29, 1.82) is 0 Å². The first kappa shape index (κ1) is 15.0. The number of hydrogen-bond donors (Lipinski definition) is 1. The maximum Gasteiger partial charge on any atom is 0.156 e. The Kier molecular flexibility index (Phi) is 5.45. The Morgan fingerprint density at radius 2 is 1.65 bits per heavy atom. The topological polar surface area (TPSA) is 46.2 Å². The van der Waals surface area contributed by atoms with Crippen LogP contribution in [0.25, 0.3) is 0 Å². The zero-order valence-electron chi connectivity index (χ0n) is 11.6. The zero-order chi connectivity index (χ0) is 13.1. The van der Waals surface area contributed by atoms with Crippen LogP contribution in [0.2, 0.25) is 0 Å². The highest BCUT2D eigenvalue weighted by Crippen LogP contribution is 2.19. The average molecular weight is 261 g/mol. The summed E-state index contributed by atoms with van der Waals surface area (Å²) >= 11 is 0. The summed E-state index contributed by atoms with van der Waals surface area (Å²) in [6.45, 7) is 8.20. The van der Waals surface area contributed by atoms with Crippen molar-refractivity contribution in [3.8, 4) is 0 Å². The van der Waals surface area contributed by atoms with Crippen LogP contribution in [0.3, 0.4) is 0 Å². The molecule has 2 unspecified atom stereocenters. The van der Waals surface area contributed by atoms with Gasteiger partial charge in [0.25, 0.3) is 0 Å². The minimum absolute atomic E-state index is 0.189. The highest BCUT2D eigenvalue weighted by molar-refractivity contribution is 7.92. The van der Waals surface area contributed by atoms with Gasteiger partial charge in [0.1, 0.15) is 0 Å². The molecular weight excluding hydrogens is 234 g/mol. The lowest BCUT2D eigenvalue weighted by atomic mass is 10.2. The van der Waals surface area contributed by atoms with E-state index in [1.807, 2.05) is 27.7 Å².